The average Bonchev–Trinajstić information content (AvgIpc) is 2.28. The van der Waals surface area contributed by atoms with E-state index in [0.29, 0.717) is 5.39 Å². The molecule has 1 N–H and O–H groups in total. The van der Waals surface area contributed by atoms with Crippen molar-refractivity contribution in [1.82, 2.24) is 4.98 Å². The molecule has 0 bridgehead atoms. The van der Waals surface area contributed by atoms with Gasteiger partial charge in [0.2, 0.25) is 0 Å². The summed E-state index contributed by atoms with van der Waals surface area (Å²) < 4.78 is 4.85. The van der Waals surface area contributed by atoms with Crippen molar-refractivity contribution in [2.75, 3.05) is 6.61 Å². The summed E-state index contributed by atoms with van der Waals surface area (Å²) in [5.74, 6) is -0.506. The SMILES string of the molecule is CCOC(=O)c1cc2cc(C)ccc2c(=O)[nH]1. The maximum atomic E-state index is 11.8. The number of pyridine rings is 1. The Morgan fingerprint density at radius 2 is 2.12 bits per heavy atom. The van der Waals surface area contributed by atoms with Gasteiger partial charge in [0.25, 0.3) is 5.56 Å². The van der Waals surface area contributed by atoms with Gasteiger partial charge in [-0.2, -0.15) is 0 Å². The molecule has 2 aromatic rings. The van der Waals surface area contributed by atoms with Crippen molar-refractivity contribution in [2.24, 2.45) is 0 Å². The third-order valence-corrected chi connectivity index (χ3v) is 2.50. The van der Waals surface area contributed by atoms with Gasteiger partial charge in [-0.1, -0.05) is 17.7 Å². The number of carbonyl (C=O) groups excluding carboxylic acids is 1. The quantitative estimate of drug-likeness (QED) is 0.804. The Hall–Kier alpha value is -2.10. The summed E-state index contributed by atoms with van der Waals surface area (Å²) in [6.07, 6.45) is 0. The standard InChI is InChI=1S/C13H13NO3/c1-3-17-13(16)11-7-9-6-8(2)4-5-10(9)12(15)14-11/h4-7H,3H2,1-2H3,(H,14,15). The van der Waals surface area contributed by atoms with Gasteiger partial charge in [0.1, 0.15) is 5.69 Å². The second-order valence-electron chi connectivity index (χ2n) is 3.82. The molecule has 0 amide bonds. The van der Waals surface area contributed by atoms with Crippen molar-refractivity contribution < 1.29 is 9.53 Å². The molecule has 0 aliphatic heterocycles. The van der Waals surface area contributed by atoms with Crippen LogP contribution in [0.4, 0.5) is 0 Å². The number of aromatic amines is 1. The minimum atomic E-state index is -0.506. The molecule has 0 radical (unpaired) electrons. The normalized spacial score (nSPS) is 10.5. The number of esters is 1. The summed E-state index contributed by atoms with van der Waals surface area (Å²) in [5, 5.41) is 1.32. The topological polar surface area (TPSA) is 59.2 Å². The van der Waals surface area contributed by atoms with Gasteiger partial charge in [-0.3, -0.25) is 4.79 Å². The molecule has 0 unspecified atom stereocenters. The van der Waals surface area contributed by atoms with Crippen LogP contribution in [0.1, 0.15) is 23.0 Å². The highest BCUT2D eigenvalue weighted by atomic mass is 16.5. The highest BCUT2D eigenvalue weighted by Gasteiger charge is 2.10. The van der Waals surface area contributed by atoms with E-state index in [-0.39, 0.29) is 17.9 Å². The first-order chi connectivity index (χ1) is 8.11. The number of fused-ring (bicyclic) bond motifs is 1. The lowest BCUT2D eigenvalue weighted by Crippen LogP contribution is -2.15. The molecule has 4 heteroatoms. The zero-order valence-electron chi connectivity index (χ0n) is 9.74. The highest BCUT2D eigenvalue weighted by Crippen LogP contribution is 2.13. The van der Waals surface area contributed by atoms with Crippen LogP contribution in [0.5, 0.6) is 0 Å². The van der Waals surface area contributed by atoms with Crippen molar-refractivity contribution in [3.63, 3.8) is 0 Å². The number of rotatable bonds is 2. The molecule has 0 aliphatic carbocycles. The Kier molecular flexibility index (Phi) is 2.95. The monoisotopic (exact) mass is 231 g/mol. The van der Waals surface area contributed by atoms with Crippen LogP contribution < -0.4 is 5.56 Å². The summed E-state index contributed by atoms with van der Waals surface area (Å²) in [6.45, 7) is 3.94. The second-order valence-corrected chi connectivity index (χ2v) is 3.82. The molecule has 0 spiro atoms. The summed E-state index contributed by atoms with van der Waals surface area (Å²) in [7, 11) is 0. The van der Waals surface area contributed by atoms with Gasteiger partial charge in [0.05, 0.1) is 6.61 Å². The Bertz CT molecular complexity index is 628. The predicted molar refractivity (Wildman–Crippen MR) is 65.3 cm³/mol. The van der Waals surface area contributed by atoms with Gasteiger partial charge < -0.3 is 9.72 Å². The number of aromatic nitrogens is 1. The Balaban J connectivity index is 2.61. The van der Waals surface area contributed by atoms with E-state index in [1.54, 1.807) is 19.1 Å². The molecule has 1 heterocycles. The van der Waals surface area contributed by atoms with Crippen molar-refractivity contribution >= 4 is 16.7 Å². The van der Waals surface area contributed by atoms with Crippen LogP contribution >= 0.6 is 0 Å². The fourth-order valence-corrected chi connectivity index (χ4v) is 1.71. The number of benzene rings is 1. The largest absolute Gasteiger partial charge is 0.461 e. The van der Waals surface area contributed by atoms with E-state index in [0.717, 1.165) is 10.9 Å². The number of H-pyrrole nitrogens is 1. The summed E-state index contributed by atoms with van der Waals surface area (Å²) >= 11 is 0. The fraction of sp³-hybridized carbons (Fsp3) is 0.231. The molecule has 88 valence electrons. The first-order valence-corrected chi connectivity index (χ1v) is 5.42. The van der Waals surface area contributed by atoms with Crippen molar-refractivity contribution in [3.8, 4) is 0 Å². The van der Waals surface area contributed by atoms with Gasteiger partial charge in [-0.25, -0.2) is 4.79 Å². The molecule has 2 rings (SSSR count). The molecule has 0 saturated carbocycles. The number of nitrogens with one attached hydrogen (secondary N) is 1. The van der Waals surface area contributed by atoms with E-state index >= 15 is 0 Å². The summed E-state index contributed by atoms with van der Waals surface area (Å²) in [4.78, 5) is 25.8. The van der Waals surface area contributed by atoms with E-state index < -0.39 is 5.97 Å². The van der Waals surface area contributed by atoms with Crippen LogP contribution in [-0.2, 0) is 4.74 Å². The van der Waals surface area contributed by atoms with Gasteiger partial charge in [-0.15, -0.1) is 0 Å². The van der Waals surface area contributed by atoms with E-state index in [1.807, 2.05) is 19.1 Å². The number of aryl methyl sites for hydroxylation is 1. The Labute approximate surface area is 98.2 Å². The third kappa shape index (κ3) is 2.20. The smallest absolute Gasteiger partial charge is 0.354 e. The van der Waals surface area contributed by atoms with E-state index in [1.165, 1.54) is 0 Å². The van der Waals surface area contributed by atoms with Crippen LogP contribution in [0.2, 0.25) is 0 Å². The first-order valence-electron chi connectivity index (χ1n) is 5.42. The molecule has 0 aliphatic rings. The van der Waals surface area contributed by atoms with Gasteiger partial charge >= 0.3 is 5.97 Å². The van der Waals surface area contributed by atoms with Gasteiger partial charge in [0, 0.05) is 5.39 Å². The Morgan fingerprint density at radius 3 is 2.82 bits per heavy atom. The lowest BCUT2D eigenvalue weighted by molar-refractivity contribution is 0.0519. The molecule has 1 aromatic carbocycles. The van der Waals surface area contributed by atoms with Crippen molar-refractivity contribution in [1.29, 1.82) is 0 Å². The van der Waals surface area contributed by atoms with Crippen LogP contribution in [0.15, 0.2) is 29.1 Å². The zero-order chi connectivity index (χ0) is 12.4. The maximum absolute atomic E-state index is 11.8. The van der Waals surface area contributed by atoms with E-state index in [4.69, 9.17) is 4.74 Å². The number of hydrogen-bond acceptors (Lipinski definition) is 3. The maximum Gasteiger partial charge on any atom is 0.354 e. The molecule has 17 heavy (non-hydrogen) atoms. The Morgan fingerprint density at radius 1 is 1.35 bits per heavy atom. The van der Waals surface area contributed by atoms with E-state index in [9.17, 15) is 9.59 Å². The van der Waals surface area contributed by atoms with Crippen molar-refractivity contribution in [3.05, 3.63) is 45.9 Å². The van der Waals surface area contributed by atoms with Crippen LogP contribution in [-0.4, -0.2) is 17.6 Å². The number of carbonyl (C=O) groups is 1. The summed E-state index contributed by atoms with van der Waals surface area (Å²) in [6, 6.07) is 7.12. The molecule has 1 aromatic heterocycles. The zero-order valence-corrected chi connectivity index (χ0v) is 9.74. The van der Waals surface area contributed by atoms with Crippen LogP contribution in [0.25, 0.3) is 10.8 Å². The molecule has 4 nitrogen and oxygen atoms in total. The van der Waals surface area contributed by atoms with Gasteiger partial charge in [-0.05, 0) is 31.4 Å². The van der Waals surface area contributed by atoms with E-state index in [2.05, 4.69) is 4.98 Å². The van der Waals surface area contributed by atoms with Crippen molar-refractivity contribution in [2.45, 2.75) is 13.8 Å². The molecule has 0 saturated heterocycles. The molecular formula is C13H13NO3. The number of ether oxygens (including phenoxy) is 1. The average molecular weight is 231 g/mol. The third-order valence-electron chi connectivity index (χ3n) is 2.50. The second kappa shape index (κ2) is 4.41. The predicted octanol–water partition coefficient (Wildman–Crippen LogP) is 2.01. The molecule has 0 atom stereocenters. The first kappa shape index (κ1) is 11.4. The number of hydrogen-bond donors (Lipinski definition) is 1. The summed E-state index contributed by atoms with van der Waals surface area (Å²) in [5.41, 5.74) is 0.957. The van der Waals surface area contributed by atoms with Crippen LogP contribution in [0, 0.1) is 6.92 Å². The molecule has 0 fully saturated rings. The minimum absolute atomic E-state index is 0.190. The van der Waals surface area contributed by atoms with Crippen LogP contribution in [0.3, 0.4) is 0 Å². The lowest BCUT2D eigenvalue weighted by Gasteiger charge is -2.04. The molecular weight excluding hydrogens is 218 g/mol. The highest BCUT2D eigenvalue weighted by molar-refractivity contribution is 5.93. The lowest BCUT2D eigenvalue weighted by atomic mass is 10.1. The fourth-order valence-electron chi connectivity index (χ4n) is 1.71. The minimum Gasteiger partial charge on any atom is -0.461 e. The van der Waals surface area contributed by atoms with Gasteiger partial charge in [0.15, 0.2) is 0 Å².